The molecule has 0 saturated carbocycles. The Hall–Kier alpha value is -1.13. The Bertz CT molecular complexity index is 377. The van der Waals surface area contributed by atoms with E-state index in [0.29, 0.717) is 11.9 Å². The molecule has 4 heteroatoms. The van der Waals surface area contributed by atoms with E-state index in [9.17, 15) is 0 Å². The lowest BCUT2D eigenvalue weighted by atomic mass is 10.2. The first-order chi connectivity index (χ1) is 9.19. The van der Waals surface area contributed by atoms with E-state index in [4.69, 9.17) is 4.74 Å². The monoisotopic (exact) mass is 263 g/mol. The third-order valence-electron chi connectivity index (χ3n) is 3.77. The van der Waals surface area contributed by atoms with Crippen molar-refractivity contribution < 1.29 is 4.74 Å². The van der Waals surface area contributed by atoms with Gasteiger partial charge in [-0.3, -0.25) is 9.80 Å². The van der Waals surface area contributed by atoms with Crippen LogP contribution in [0.1, 0.15) is 25.8 Å². The van der Waals surface area contributed by atoms with Crippen LogP contribution in [0.4, 0.5) is 0 Å². The van der Waals surface area contributed by atoms with E-state index in [1.54, 1.807) is 7.11 Å². The standard InChI is InChI=1S/C15H25N3O/c1-13(2)18-8-4-7-17(9-10-18)12-14-5-6-15(19-3)16-11-14/h5-6,11,13H,4,7-10,12H2,1-3H3. The molecule has 1 fully saturated rings. The zero-order valence-electron chi connectivity index (χ0n) is 12.3. The average molecular weight is 263 g/mol. The molecule has 1 aliphatic heterocycles. The van der Waals surface area contributed by atoms with Crippen LogP contribution >= 0.6 is 0 Å². The van der Waals surface area contributed by atoms with Crippen molar-refractivity contribution in [2.45, 2.75) is 32.9 Å². The van der Waals surface area contributed by atoms with Gasteiger partial charge in [-0.1, -0.05) is 6.07 Å². The fraction of sp³-hybridized carbons (Fsp3) is 0.667. The summed E-state index contributed by atoms with van der Waals surface area (Å²) in [5.41, 5.74) is 1.26. The molecule has 0 bridgehead atoms. The Morgan fingerprint density at radius 1 is 1.21 bits per heavy atom. The van der Waals surface area contributed by atoms with Crippen molar-refractivity contribution in [1.82, 2.24) is 14.8 Å². The van der Waals surface area contributed by atoms with Crippen molar-refractivity contribution in [2.75, 3.05) is 33.3 Å². The molecule has 2 rings (SSSR count). The molecule has 0 unspecified atom stereocenters. The molecule has 4 nitrogen and oxygen atoms in total. The van der Waals surface area contributed by atoms with Gasteiger partial charge in [-0.15, -0.1) is 0 Å². The molecule has 0 spiro atoms. The highest BCUT2D eigenvalue weighted by Gasteiger charge is 2.16. The molecular weight excluding hydrogens is 238 g/mol. The highest BCUT2D eigenvalue weighted by molar-refractivity contribution is 5.17. The van der Waals surface area contributed by atoms with Gasteiger partial charge in [-0.25, -0.2) is 4.98 Å². The van der Waals surface area contributed by atoms with E-state index in [0.717, 1.165) is 13.1 Å². The molecule has 19 heavy (non-hydrogen) atoms. The number of pyridine rings is 1. The molecule has 1 aromatic rings. The Balaban J connectivity index is 1.88. The molecule has 0 N–H and O–H groups in total. The SMILES string of the molecule is COc1ccc(CN2CCCN(C(C)C)CC2)cn1. The number of aromatic nitrogens is 1. The number of hydrogen-bond acceptors (Lipinski definition) is 4. The maximum Gasteiger partial charge on any atom is 0.212 e. The smallest absolute Gasteiger partial charge is 0.212 e. The number of ether oxygens (including phenoxy) is 1. The third kappa shape index (κ3) is 4.18. The second kappa shape index (κ2) is 6.87. The third-order valence-corrected chi connectivity index (χ3v) is 3.77. The Labute approximate surface area is 116 Å². The summed E-state index contributed by atoms with van der Waals surface area (Å²) in [5, 5.41) is 0. The molecule has 1 saturated heterocycles. The first kappa shape index (κ1) is 14.3. The summed E-state index contributed by atoms with van der Waals surface area (Å²) < 4.78 is 5.09. The second-order valence-electron chi connectivity index (χ2n) is 5.47. The van der Waals surface area contributed by atoms with Crippen LogP contribution in [-0.2, 0) is 6.54 Å². The van der Waals surface area contributed by atoms with E-state index in [1.165, 1.54) is 31.6 Å². The first-order valence-corrected chi connectivity index (χ1v) is 7.14. The van der Waals surface area contributed by atoms with Gasteiger partial charge in [0.05, 0.1) is 7.11 Å². The minimum absolute atomic E-state index is 0.655. The van der Waals surface area contributed by atoms with Gasteiger partial charge >= 0.3 is 0 Å². The van der Waals surface area contributed by atoms with Crippen molar-refractivity contribution in [3.8, 4) is 5.88 Å². The normalized spacial score (nSPS) is 18.5. The molecule has 1 aliphatic rings. The quantitative estimate of drug-likeness (QED) is 0.831. The number of rotatable bonds is 4. The van der Waals surface area contributed by atoms with Crippen LogP contribution in [0.3, 0.4) is 0 Å². The van der Waals surface area contributed by atoms with Crippen LogP contribution in [0.25, 0.3) is 0 Å². The zero-order chi connectivity index (χ0) is 13.7. The lowest BCUT2D eigenvalue weighted by Gasteiger charge is -2.24. The minimum atomic E-state index is 0.655. The highest BCUT2D eigenvalue weighted by atomic mass is 16.5. The van der Waals surface area contributed by atoms with Crippen LogP contribution in [0.15, 0.2) is 18.3 Å². The predicted molar refractivity (Wildman–Crippen MR) is 77.4 cm³/mol. The average Bonchev–Trinajstić information content (AvgIpc) is 2.65. The van der Waals surface area contributed by atoms with E-state index < -0.39 is 0 Å². The van der Waals surface area contributed by atoms with Gasteiger partial charge in [-0.2, -0.15) is 0 Å². The lowest BCUT2D eigenvalue weighted by molar-refractivity contribution is 0.218. The highest BCUT2D eigenvalue weighted by Crippen LogP contribution is 2.12. The molecule has 0 aromatic carbocycles. The van der Waals surface area contributed by atoms with Crippen LogP contribution in [0.5, 0.6) is 5.88 Å². The van der Waals surface area contributed by atoms with E-state index in [-0.39, 0.29) is 0 Å². The summed E-state index contributed by atoms with van der Waals surface area (Å²) >= 11 is 0. The Morgan fingerprint density at radius 2 is 2.05 bits per heavy atom. The van der Waals surface area contributed by atoms with Gasteiger partial charge in [0.1, 0.15) is 0 Å². The molecular formula is C15H25N3O. The predicted octanol–water partition coefficient (Wildman–Crippen LogP) is 2.01. The van der Waals surface area contributed by atoms with Gasteiger partial charge in [0.25, 0.3) is 0 Å². The Morgan fingerprint density at radius 3 is 2.68 bits per heavy atom. The van der Waals surface area contributed by atoms with E-state index in [2.05, 4.69) is 34.7 Å². The van der Waals surface area contributed by atoms with Crippen molar-refractivity contribution in [3.63, 3.8) is 0 Å². The number of methoxy groups -OCH3 is 1. The molecule has 0 aliphatic carbocycles. The van der Waals surface area contributed by atoms with Crippen LogP contribution < -0.4 is 4.74 Å². The molecule has 1 aromatic heterocycles. The van der Waals surface area contributed by atoms with E-state index >= 15 is 0 Å². The van der Waals surface area contributed by atoms with E-state index in [1.807, 2.05) is 12.3 Å². The second-order valence-corrected chi connectivity index (χ2v) is 5.47. The van der Waals surface area contributed by atoms with Crippen molar-refractivity contribution >= 4 is 0 Å². The van der Waals surface area contributed by atoms with Crippen molar-refractivity contribution in [3.05, 3.63) is 23.9 Å². The molecule has 0 radical (unpaired) electrons. The van der Waals surface area contributed by atoms with Gasteiger partial charge in [0.2, 0.25) is 5.88 Å². The first-order valence-electron chi connectivity index (χ1n) is 7.14. The Kier molecular flexibility index (Phi) is 5.16. The summed E-state index contributed by atoms with van der Waals surface area (Å²) in [7, 11) is 1.65. The summed E-state index contributed by atoms with van der Waals surface area (Å²) in [6.07, 6.45) is 3.17. The zero-order valence-corrected chi connectivity index (χ0v) is 12.3. The summed E-state index contributed by atoms with van der Waals surface area (Å²) in [6.45, 7) is 10.3. The maximum atomic E-state index is 5.09. The van der Waals surface area contributed by atoms with Crippen molar-refractivity contribution in [2.24, 2.45) is 0 Å². The topological polar surface area (TPSA) is 28.6 Å². The molecule has 0 atom stereocenters. The minimum Gasteiger partial charge on any atom is -0.481 e. The fourth-order valence-corrected chi connectivity index (χ4v) is 2.55. The fourth-order valence-electron chi connectivity index (χ4n) is 2.55. The van der Waals surface area contributed by atoms with Crippen LogP contribution in [-0.4, -0.2) is 54.1 Å². The summed E-state index contributed by atoms with van der Waals surface area (Å²) in [6, 6.07) is 4.70. The van der Waals surface area contributed by atoms with Crippen LogP contribution in [0, 0.1) is 0 Å². The summed E-state index contributed by atoms with van der Waals surface area (Å²) in [4.78, 5) is 9.35. The molecule has 0 amide bonds. The lowest BCUT2D eigenvalue weighted by Crippen LogP contribution is -2.34. The van der Waals surface area contributed by atoms with Crippen molar-refractivity contribution in [1.29, 1.82) is 0 Å². The largest absolute Gasteiger partial charge is 0.481 e. The van der Waals surface area contributed by atoms with Gasteiger partial charge in [0.15, 0.2) is 0 Å². The van der Waals surface area contributed by atoms with Gasteiger partial charge in [-0.05, 0) is 38.9 Å². The van der Waals surface area contributed by atoms with Gasteiger partial charge in [0, 0.05) is 37.9 Å². The number of hydrogen-bond donors (Lipinski definition) is 0. The molecule has 106 valence electrons. The summed E-state index contributed by atoms with van der Waals surface area (Å²) in [5.74, 6) is 0.686. The van der Waals surface area contributed by atoms with Crippen LogP contribution in [0.2, 0.25) is 0 Å². The number of nitrogens with zero attached hydrogens (tertiary/aromatic N) is 3. The molecule has 2 heterocycles. The van der Waals surface area contributed by atoms with Gasteiger partial charge < -0.3 is 4.74 Å². The maximum absolute atomic E-state index is 5.09.